The molecule has 1 aromatic carbocycles. The predicted molar refractivity (Wildman–Crippen MR) is 78.3 cm³/mol. The van der Waals surface area contributed by atoms with Crippen molar-refractivity contribution in [2.45, 2.75) is 31.4 Å². The van der Waals surface area contributed by atoms with Crippen LogP contribution in [-0.4, -0.2) is 17.8 Å². The Morgan fingerprint density at radius 1 is 1.15 bits per heavy atom. The van der Waals surface area contributed by atoms with Gasteiger partial charge in [0.05, 0.1) is 18.4 Å². The van der Waals surface area contributed by atoms with E-state index in [1.54, 1.807) is 6.26 Å². The fourth-order valence-electron chi connectivity index (χ4n) is 3.00. The number of furan rings is 1. The van der Waals surface area contributed by atoms with E-state index in [4.69, 9.17) is 4.42 Å². The summed E-state index contributed by atoms with van der Waals surface area (Å²) in [6.45, 7) is 0.914. The van der Waals surface area contributed by atoms with E-state index in [-0.39, 0.29) is 12.1 Å². The molecule has 2 N–H and O–H groups in total. The van der Waals surface area contributed by atoms with Gasteiger partial charge >= 0.3 is 0 Å². The Labute approximate surface area is 119 Å². The van der Waals surface area contributed by atoms with Crippen molar-refractivity contribution >= 4 is 0 Å². The Kier molecular flexibility index (Phi) is 4.19. The van der Waals surface area contributed by atoms with E-state index in [1.807, 2.05) is 30.3 Å². The highest BCUT2D eigenvalue weighted by Crippen LogP contribution is 2.27. The van der Waals surface area contributed by atoms with E-state index in [0.29, 0.717) is 5.92 Å². The highest BCUT2D eigenvalue weighted by molar-refractivity contribution is 5.26. The van der Waals surface area contributed by atoms with Gasteiger partial charge in [0, 0.05) is 0 Å². The molecule has 1 aromatic heterocycles. The molecule has 1 fully saturated rings. The maximum absolute atomic E-state index is 9.62. The zero-order valence-corrected chi connectivity index (χ0v) is 11.5. The first-order valence-corrected chi connectivity index (χ1v) is 7.32. The standard InChI is InChI=1S/C17H21NO2/c19-15-9-8-13(11-15)12-18-17(16-7-4-10-20-16)14-5-2-1-3-6-14/h1-7,10,13,15,17-19H,8-9,11-12H2. The predicted octanol–water partition coefficient (Wildman–Crippen LogP) is 3.12. The minimum atomic E-state index is -0.111. The molecule has 3 unspecified atom stereocenters. The molecule has 0 aliphatic heterocycles. The van der Waals surface area contributed by atoms with Gasteiger partial charge in [-0.1, -0.05) is 30.3 Å². The van der Waals surface area contributed by atoms with E-state index in [1.165, 1.54) is 5.56 Å². The summed E-state index contributed by atoms with van der Waals surface area (Å²) in [6.07, 6.45) is 4.55. The van der Waals surface area contributed by atoms with Crippen LogP contribution in [0, 0.1) is 5.92 Å². The summed E-state index contributed by atoms with van der Waals surface area (Å²) in [5.41, 5.74) is 1.21. The number of hydrogen-bond acceptors (Lipinski definition) is 3. The first kappa shape index (κ1) is 13.4. The van der Waals surface area contributed by atoms with Crippen molar-refractivity contribution in [3.05, 3.63) is 60.1 Å². The molecule has 1 heterocycles. The Balaban J connectivity index is 1.70. The van der Waals surface area contributed by atoms with Crippen LogP contribution in [0.25, 0.3) is 0 Å². The van der Waals surface area contributed by atoms with Crippen LogP contribution in [0.2, 0.25) is 0 Å². The van der Waals surface area contributed by atoms with Crippen LogP contribution >= 0.6 is 0 Å². The van der Waals surface area contributed by atoms with Crippen molar-refractivity contribution in [1.82, 2.24) is 5.32 Å². The minimum absolute atomic E-state index is 0.0870. The van der Waals surface area contributed by atoms with Crippen LogP contribution in [0.15, 0.2) is 53.1 Å². The van der Waals surface area contributed by atoms with Crippen molar-refractivity contribution in [1.29, 1.82) is 0 Å². The quantitative estimate of drug-likeness (QED) is 0.878. The monoisotopic (exact) mass is 271 g/mol. The summed E-state index contributed by atoms with van der Waals surface area (Å²) in [5, 5.41) is 13.2. The third-order valence-electron chi connectivity index (χ3n) is 4.08. The Hall–Kier alpha value is -1.58. The van der Waals surface area contributed by atoms with Gasteiger partial charge in [0.15, 0.2) is 0 Å². The first-order valence-electron chi connectivity index (χ1n) is 7.32. The minimum Gasteiger partial charge on any atom is -0.467 e. The van der Waals surface area contributed by atoms with E-state index >= 15 is 0 Å². The molecule has 1 aliphatic carbocycles. The smallest absolute Gasteiger partial charge is 0.125 e. The summed E-state index contributed by atoms with van der Waals surface area (Å²) in [4.78, 5) is 0. The molecular formula is C17H21NO2. The molecule has 2 aromatic rings. The lowest BCUT2D eigenvalue weighted by molar-refractivity contribution is 0.177. The van der Waals surface area contributed by atoms with Gasteiger partial charge in [-0.2, -0.15) is 0 Å². The lowest BCUT2D eigenvalue weighted by Crippen LogP contribution is -2.27. The van der Waals surface area contributed by atoms with Crippen LogP contribution in [0.4, 0.5) is 0 Å². The zero-order chi connectivity index (χ0) is 13.8. The van der Waals surface area contributed by atoms with Gasteiger partial charge in [-0.3, -0.25) is 0 Å². The Morgan fingerprint density at radius 2 is 2.00 bits per heavy atom. The number of aliphatic hydroxyl groups excluding tert-OH is 1. The number of benzene rings is 1. The first-order chi connectivity index (χ1) is 9.83. The zero-order valence-electron chi connectivity index (χ0n) is 11.5. The summed E-state index contributed by atoms with van der Waals surface area (Å²) < 4.78 is 5.57. The second kappa shape index (κ2) is 6.25. The van der Waals surface area contributed by atoms with E-state index in [0.717, 1.165) is 31.6 Å². The molecule has 0 bridgehead atoms. The third-order valence-corrected chi connectivity index (χ3v) is 4.08. The molecule has 0 amide bonds. The van der Waals surface area contributed by atoms with Crippen molar-refractivity contribution in [2.24, 2.45) is 5.92 Å². The van der Waals surface area contributed by atoms with Crippen molar-refractivity contribution < 1.29 is 9.52 Å². The number of nitrogens with one attached hydrogen (secondary N) is 1. The molecule has 20 heavy (non-hydrogen) atoms. The highest BCUT2D eigenvalue weighted by atomic mass is 16.3. The van der Waals surface area contributed by atoms with Gasteiger partial charge in [-0.15, -0.1) is 0 Å². The molecular weight excluding hydrogens is 250 g/mol. The molecule has 3 nitrogen and oxygen atoms in total. The Morgan fingerprint density at radius 3 is 2.65 bits per heavy atom. The topological polar surface area (TPSA) is 45.4 Å². The molecule has 0 radical (unpaired) electrons. The fraction of sp³-hybridized carbons (Fsp3) is 0.412. The van der Waals surface area contributed by atoms with Crippen LogP contribution < -0.4 is 5.32 Å². The Bertz CT molecular complexity index is 509. The molecule has 106 valence electrons. The van der Waals surface area contributed by atoms with Crippen molar-refractivity contribution in [3.63, 3.8) is 0 Å². The summed E-state index contributed by atoms with van der Waals surface area (Å²) in [6, 6.07) is 14.4. The van der Waals surface area contributed by atoms with Crippen molar-refractivity contribution in [3.8, 4) is 0 Å². The van der Waals surface area contributed by atoms with Gasteiger partial charge < -0.3 is 14.8 Å². The average Bonchev–Trinajstić information content (AvgIpc) is 3.12. The number of aliphatic hydroxyl groups is 1. The molecule has 1 aliphatic rings. The molecule has 1 saturated carbocycles. The number of hydrogen-bond donors (Lipinski definition) is 2. The van der Waals surface area contributed by atoms with Crippen LogP contribution in [-0.2, 0) is 0 Å². The molecule has 3 rings (SSSR count). The molecule has 0 saturated heterocycles. The molecule has 0 spiro atoms. The van der Waals surface area contributed by atoms with Gasteiger partial charge in [0.25, 0.3) is 0 Å². The van der Waals surface area contributed by atoms with E-state index in [9.17, 15) is 5.11 Å². The summed E-state index contributed by atoms with van der Waals surface area (Å²) in [5.74, 6) is 1.50. The summed E-state index contributed by atoms with van der Waals surface area (Å²) >= 11 is 0. The van der Waals surface area contributed by atoms with Crippen molar-refractivity contribution in [2.75, 3.05) is 6.54 Å². The van der Waals surface area contributed by atoms with E-state index in [2.05, 4.69) is 17.4 Å². The number of rotatable bonds is 5. The van der Waals surface area contributed by atoms with Gasteiger partial charge in [-0.05, 0) is 49.4 Å². The third kappa shape index (κ3) is 3.11. The lowest BCUT2D eigenvalue weighted by Gasteiger charge is -2.19. The maximum Gasteiger partial charge on any atom is 0.125 e. The highest BCUT2D eigenvalue weighted by Gasteiger charge is 2.24. The summed E-state index contributed by atoms with van der Waals surface area (Å²) in [7, 11) is 0. The van der Waals surface area contributed by atoms with Crippen LogP contribution in [0.5, 0.6) is 0 Å². The maximum atomic E-state index is 9.62. The van der Waals surface area contributed by atoms with Crippen LogP contribution in [0.3, 0.4) is 0 Å². The normalized spacial score (nSPS) is 23.9. The SMILES string of the molecule is OC1CCC(CNC(c2ccccc2)c2ccco2)C1. The second-order valence-corrected chi connectivity index (χ2v) is 5.60. The fourth-order valence-corrected chi connectivity index (χ4v) is 3.00. The van der Waals surface area contributed by atoms with Gasteiger partial charge in [0.1, 0.15) is 5.76 Å². The molecule has 3 heteroatoms. The molecule has 3 atom stereocenters. The lowest BCUT2D eigenvalue weighted by atomic mass is 10.0. The second-order valence-electron chi connectivity index (χ2n) is 5.60. The van der Waals surface area contributed by atoms with Gasteiger partial charge in [-0.25, -0.2) is 0 Å². The van der Waals surface area contributed by atoms with Gasteiger partial charge in [0.2, 0.25) is 0 Å². The van der Waals surface area contributed by atoms with E-state index < -0.39 is 0 Å². The largest absolute Gasteiger partial charge is 0.467 e. The average molecular weight is 271 g/mol. The van der Waals surface area contributed by atoms with Crippen LogP contribution in [0.1, 0.15) is 36.6 Å².